The van der Waals surface area contributed by atoms with Crippen molar-refractivity contribution >= 4 is 34.6 Å². The minimum absolute atomic E-state index is 0.354. The van der Waals surface area contributed by atoms with E-state index in [-0.39, 0.29) is 0 Å². The minimum Gasteiger partial charge on any atom is -0.404 e. The fourth-order valence-electron chi connectivity index (χ4n) is 3.67. The molecule has 5 N–H and O–H groups in total. The van der Waals surface area contributed by atoms with E-state index in [2.05, 4.69) is 37.2 Å². The Morgan fingerprint density at radius 3 is 2.56 bits per heavy atom. The van der Waals surface area contributed by atoms with Gasteiger partial charge in [0.15, 0.2) is 5.65 Å². The van der Waals surface area contributed by atoms with Crippen molar-refractivity contribution in [1.29, 1.82) is 0 Å². The van der Waals surface area contributed by atoms with Gasteiger partial charge in [0.05, 0.1) is 5.39 Å². The first-order valence-electron chi connectivity index (χ1n) is 9.18. The van der Waals surface area contributed by atoms with Crippen LogP contribution in [-0.4, -0.2) is 59.3 Å². The summed E-state index contributed by atoms with van der Waals surface area (Å²) in [4.78, 5) is 20.2. The lowest BCUT2D eigenvalue weighted by molar-refractivity contribution is 0.263. The van der Waals surface area contributed by atoms with Crippen molar-refractivity contribution in [3.05, 3.63) is 23.0 Å². The van der Waals surface area contributed by atoms with E-state index in [0.29, 0.717) is 23.5 Å². The molecule has 0 atom stereocenters. The molecular formula is C19H28N8. The van der Waals surface area contributed by atoms with E-state index < -0.39 is 0 Å². The number of pyridine rings is 1. The molecule has 27 heavy (non-hydrogen) atoms. The number of hydrogen-bond acceptors (Lipinski definition) is 8. The molecule has 0 amide bonds. The average molecular weight is 368 g/mol. The van der Waals surface area contributed by atoms with Crippen LogP contribution in [0.3, 0.4) is 0 Å². The highest BCUT2D eigenvalue weighted by atomic mass is 15.2. The van der Waals surface area contributed by atoms with E-state index >= 15 is 0 Å². The van der Waals surface area contributed by atoms with Crippen molar-refractivity contribution < 1.29 is 0 Å². The number of hydrogen-bond donors (Lipinski definition) is 3. The van der Waals surface area contributed by atoms with Gasteiger partial charge in [-0.05, 0) is 52.4 Å². The Kier molecular flexibility index (Phi) is 5.55. The standard InChI is InChI=1S/C19H28N8/c1-11-15(13(9-20)10-22-3)12(2)23-18-16(11)17(21)25-19(26-18)24-14-5-7-27(4)8-6-14/h9-10,14H,5-8,20H2,1-4H3,(H3,21,23,24,25,26)/b13-9+,22-10?. The van der Waals surface area contributed by atoms with E-state index in [0.717, 1.165) is 53.7 Å². The van der Waals surface area contributed by atoms with Crippen LogP contribution in [0.1, 0.15) is 29.7 Å². The monoisotopic (exact) mass is 368 g/mol. The Hall–Kier alpha value is -2.74. The van der Waals surface area contributed by atoms with Gasteiger partial charge in [0.1, 0.15) is 5.82 Å². The van der Waals surface area contributed by atoms with E-state index in [9.17, 15) is 0 Å². The molecule has 144 valence electrons. The number of nitrogens with zero attached hydrogens (tertiary/aromatic N) is 5. The molecule has 2 aromatic rings. The number of anilines is 2. The summed E-state index contributed by atoms with van der Waals surface area (Å²) >= 11 is 0. The number of rotatable bonds is 4. The first-order valence-corrected chi connectivity index (χ1v) is 9.18. The molecule has 1 saturated heterocycles. The molecule has 0 aliphatic carbocycles. The molecule has 0 radical (unpaired) electrons. The molecule has 2 aromatic heterocycles. The highest BCUT2D eigenvalue weighted by molar-refractivity contribution is 6.12. The number of aromatic nitrogens is 3. The first kappa shape index (κ1) is 19.0. The second-order valence-corrected chi connectivity index (χ2v) is 7.06. The molecule has 0 spiro atoms. The second kappa shape index (κ2) is 7.87. The van der Waals surface area contributed by atoms with Gasteiger partial charge in [0.25, 0.3) is 0 Å². The van der Waals surface area contributed by atoms with E-state index in [1.165, 1.54) is 6.20 Å². The van der Waals surface area contributed by atoms with Crippen LogP contribution in [0.2, 0.25) is 0 Å². The molecule has 3 rings (SSSR count). The number of aliphatic imine (C=N–C) groups is 1. The van der Waals surface area contributed by atoms with Crippen molar-refractivity contribution in [2.45, 2.75) is 32.7 Å². The van der Waals surface area contributed by atoms with E-state index in [1.54, 1.807) is 13.3 Å². The Morgan fingerprint density at radius 1 is 1.22 bits per heavy atom. The summed E-state index contributed by atoms with van der Waals surface area (Å²) in [7, 11) is 3.85. The number of likely N-dealkylation sites (tertiary alicyclic amines) is 1. The van der Waals surface area contributed by atoms with Crippen molar-refractivity contribution in [3.63, 3.8) is 0 Å². The van der Waals surface area contributed by atoms with Crippen molar-refractivity contribution in [3.8, 4) is 0 Å². The number of piperidine rings is 1. The lowest BCUT2D eigenvalue weighted by Gasteiger charge is -2.29. The second-order valence-electron chi connectivity index (χ2n) is 7.06. The lowest BCUT2D eigenvalue weighted by Crippen LogP contribution is -2.37. The van der Waals surface area contributed by atoms with Crippen molar-refractivity contribution in [1.82, 2.24) is 19.9 Å². The van der Waals surface area contributed by atoms with Gasteiger partial charge >= 0.3 is 0 Å². The van der Waals surface area contributed by atoms with Gasteiger partial charge in [0, 0.05) is 42.3 Å². The summed E-state index contributed by atoms with van der Waals surface area (Å²) < 4.78 is 0. The summed E-state index contributed by atoms with van der Waals surface area (Å²) in [6.07, 6.45) is 5.37. The molecule has 1 fully saturated rings. The molecule has 0 unspecified atom stereocenters. The molecule has 8 nitrogen and oxygen atoms in total. The van der Waals surface area contributed by atoms with Gasteiger partial charge < -0.3 is 21.7 Å². The predicted octanol–water partition coefficient (Wildman–Crippen LogP) is 1.73. The predicted molar refractivity (Wildman–Crippen MR) is 112 cm³/mol. The van der Waals surface area contributed by atoms with Crippen molar-refractivity contribution in [2.75, 3.05) is 38.2 Å². The molecule has 0 bridgehead atoms. The maximum atomic E-state index is 6.30. The van der Waals surface area contributed by atoms with Crippen LogP contribution in [0.25, 0.3) is 16.6 Å². The molecule has 0 saturated carbocycles. The number of allylic oxidation sites excluding steroid dienone is 1. The number of aryl methyl sites for hydroxylation is 2. The summed E-state index contributed by atoms with van der Waals surface area (Å²) in [6.45, 7) is 6.06. The fourth-order valence-corrected chi connectivity index (χ4v) is 3.67. The third-order valence-corrected chi connectivity index (χ3v) is 5.09. The number of nitrogens with two attached hydrogens (primary N) is 2. The van der Waals surface area contributed by atoms with Gasteiger partial charge in [-0.25, -0.2) is 4.98 Å². The molecule has 1 aliphatic rings. The normalized spacial score (nSPS) is 17.1. The third kappa shape index (κ3) is 3.85. The first-order chi connectivity index (χ1) is 12.9. The Morgan fingerprint density at radius 2 is 1.93 bits per heavy atom. The third-order valence-electron chi connectivity index (χ3n) is 5.09. The lowest BCUT2D eigenvalue weighted by atomic mass is 9.98. The number of nitrogens with one attached hydrogen (secondary N) is 1. The molecule has 0 aromatic carbocycles. The minimum atomic E-state index is 0.354. The zero-order valence-electron chi connectivity index (χ0n) is 16.5. The Labute approximate surface area is 159 Å². The van der Waals surface area contributed by atoms with E-state index in [4.69, 9.17) is 11.5 Å². The van der Waals surface area contributed by atoms with Crippen LogP contribution < -0.4 is 16.8 Å². The average Bonchev–Trinajstić information content (AvgIpc) is 2.62. The van der Waals surface area contributed by atoms with Crippen molar-refractivity contribution in [2.24, 2.45) is 10.7 Å². The molecule has 1 aliphatic heterocycles. The molecule has 8 heteroatoms. The number of nitrogen functional groups attached to an aromatic ring is 1. The van der Waals surface area contributed by atoms with Crippen LogP contribution in [-0.2, 0) is 0 Å². The van der Waals surface area contributed by atoms with Gasteiger partial charge in [-0.15, -0.1) is 0 Å². The largest absolute Gasteiger partial charge is 0.404 e. The van der Waals surface area contributed by atoms with Gasteiger partial charge in [0.2, 0.25) is 5.95 Å². The highest BCUT2D eigenvalue weighted by Gasteiger charge is 2.20. The summed E-state index contributed by atoms with van der Waals surface area (Å²) in [5.74, 6) is 0.963. The zero-order chi connectivity index (χ0) is 19.6. The maximum Gasteiger partial charge on any atom is 0.226 e. The van der Waals surface area contributed by atoms with E-state index in [1.807, 2.05) is 13.8 Å². The SMILES string of the molecule is CN=C/C(=C\N)c1c(C)nc2nc(NC3CCN(C)CC3)nc(N)c2c1C. The maximum absolute atomic E-state index is 6.30. The van der Waals surface area contributed by atoms with Gasteiger partial charge in [-0.2, -0.15) is 9.97 Å². The summed E-state index contributed by atoms with van der Waals surface area (Å²) in [6, 6.07) is 0.354. The van der Waals surface area contributed by atoms with Crippen LogP contribution >= 0.6 is 0 Å². The summed E-state index contributed by atoms with van der Waals surface area (Å²) in [5.41, 5.74) is 16.2. The zero-order valence-corrected chi connectivity index (χ0v) is 16.5. The highest BCUT2D eigenvalue weighted by Crippen LogP contribution is 2.30. The molecule has 3 heterocycles. The van der Waals surface area contributed by atoms with Crippen LogP contribution in [0, 0.1) is 13.8 Å². The van der Waals surface area contributed by atoms with Gasteiger partial charge in [-0.3, -0.25) is 4.99 Å². The quantitative estimate of drug-likeness (QED) is 0.703. The van der Waals surface area contributed by atoms with Crippen LogP contribution in [0.15, 0.2) is 11.2 Å². The van der Waals surface area contributed by atoms with Crippen LogP contribution in [0.5, 0.6) is 0 Å². The summed E-state index contributed by atoms with van der Waals surface area (Å²) in [5, 5.41) is 4.18. The van der Waals surface area contributed by atoms with Gasteiger partial charge in [-0.1, -0.05) is 0 Å². The van der Waals surface area contributed by atoms with Crippen LogP contribution in [0.4, 0.5) is 11.8 Å². The smallest absolute Gasteiger partial charge is 0.226 e. The molecular weight excluding hydrogens is 340 g/mol. The fraction of sp³-hybridized carbons (Fsp3) is 0.474. The Balaban J connectivity index is 2.01. The number of fused-ring (bicyclic) bond motifs is 1. The Bertz CT molecular complexity index is 894. The topological polar surface area (TPSA) is 118 Å².